The van der Waals surface area contributed by atoms with E-state index in [1.54, 1.807) is 20.0 Å². The minimum atomic E-state index is -0.992. The molecular formula is C38H36FN5O2. The normalized spacial score (nSPS) is 16.9. The molecule has 8 heteroatoms. The Morgan fingerprint density at radius 2 is 1.30 bits per heavy atom. The van der Waals surface area contributed by atoms with Crippen LogP contribution in [0.5, 0.6) is 5.88 Å². The molecule has 3 aromatic heterocycles. The summed E-state index contributed by atoms with van der Waals surface area (Å²) in [6.07, 6.45) is 3.63. The predicted molar refractivity (Wildman–Crippen MR) is 177 cm³/mol. The van der Waals surface area contributed by atoms with Crippen LogP contribution in [0.2, 0.25) is 0 Å². The molecule has 7 rings (SSSR count). The van der Waals surface area contributed by atoms with Crippen LogP contribution in [-0.2, 0) is 12.6 Å². The van der Waals surface area contributed by atoms with Gasteiger partial charge in [-0.2, -0.15) is 14.5 Å². The molecule has 0 N–H and O–H groups in total. The predicted octanol–water partition coefficient (Wildman–Crippen LogP) is 7.44. The maximum Gasteiger partial charge on any atom is 0.254 e. The fraction of sp³-hybridized carbons (Fsp3) is 0.263. The molecule has 0 spiro atoms. The summed E-state index contributed by atoms with van der Waals surface area (Å²) in [5.74, 6) is 0.228. The molecule has 0 aliphatic heterocycles. The van der Waals surface area contributed by atoms with Gasteiger partial charge in [-0.1, -0.05) is 97.9 Å². The first-order valence-electron chi connectivity index (χ1n) is 15.8. The van der Waals surface area contributed by atoms with E-state index in [-0.39, 0.29) is 28.9 Å². The van der Waals surface area contributed by atoms with Gasteiger partial charge in [-0.15, -0.1) is 0 Å². The second-order valence-electron chi connectivity index (χ2n) is 12.3. The number of hydrogen-bond acceptors (Lipinski definition) is 5. The Labute approximate surface area is 267 Å². The maximum absolute atomic E-state index is 16.6. The number of hydrogen-bond donors (Lipinski definition) is 0. The number of fused-ring (bicyclic) bond motifs is 1. The number of aryl methyl sites for hydroxylation is 2. The summed E-state index contributed by atoms with van der Waals surface area (Å²) < 4.78 is 26.2. The van der Waals surface area contributed by atoms with Crippen molar-refractivity contribution >= 4 is 11.0 Å². The highest BCUT2D eigenvalue weighted by atomic mass is 19.1. The van der Waals surface area contributed by atoms with Gasteiger partial charge in [-0.05, 0) is 61.3 Å². The van der Waals surface area contributed by atoms with Crippen LogP contribution in [0, 0.1) is 18.7 Å². The van der Waals surface area contributed by atoms with Crippen LogP contribution in [0.15, 0.2) is 108 Å². The lowest BCUT2D eigenvalue weighted by molar-refractivity contribution is 0.124. The highest BCUT2D eigenvalue weighted by Crippen LogP contribution is 2.44. The standard InChI is InChI=1S/C38H36FN5O2/c1-25-19-21-30(22-20-25)46-37-33(39)34(40-26(2)41-37)35-36-31(23-24-32(45)43(36)3)44(42-35)38(27-13-7-4-8-14-27,28-15-9-5-10-16-28)29-17-11-6-12-18-29/h4-18,23-25,30H,19-22H2,1-3H3. The van der Waals surface area contributed by atoms with Crippen molar-refractivity contribution in [2.45, 2.75) is 51.2 Å². The number of benzene rings is 3. The zero-order chi connectivity index (χ0) is 31.8. The molecule has 0 bridgehead atoms. The Balaban J connectivity index is 1.54. The number of nitrogens with zero attached hydrogens (tertiary/aromatic N) is 5. The molecule has 7 nitrogen and oxygen atoms in total. The summed E-state index contributed by atoms with van der Waals surface area (Å²) in [6, 6.07) is 33.7. The molecule has 3 heterocycles. The van der Waals surface area contributed by atoms with Crippen LogP contribution in [0.1, 0.15) is 55.1 Å². The Morgan fingerprint density at radius 1 is 0.761 bits per heavy atom. The topological polar surface area (TPSA) is 74.8 Å². The minimum Gasteiger partial charge on any atom is -0.472 e. The molecule has 1 aliphatic carbocycles. The molecule has 0 atom stereocenters. The number of rotatable bonds is 7. The first-order chi connectivity index (χ1) is 22.4. The van der Waals surface area contributed by atoms with E-state index in [0.29, 0.717) is 22.8 Å². The third-order valence-electron chi connectivity index (χ3n) is 9.24. The average molecular weight is 614 g/mol. The molecule has 6 aromatic rings. The monoisotopic (exact) mass is 613 g/mol. The molecule has 232 valence electrons. The summed E-state index contributed by atoms with van der Waals surface area (Å²) in [7, 11) is 1.68. The molecule has 0 amide bonds. The van der Waals surface area contributed by atoms with Gasteiger partial charge >= 0.3 is 0 Å². The number of pyridine rings is 1. The number of halogens is 1. The Morgan fingerprint density at radius 3 is 1.85 bits per heavy atom. The van der Waals surface area contributed by atoms with Crippen molar-refractivity contribution in [3.8, 4) is 17.3 Å². The van der Waals surface area contributed by atoms with Crippen molar-refractivity contribution in [1.29, 1.82) is 0 Å². The lowest BCUT2D eigenvalue weighted by atomic mass is 9.77. The van der Waals surface area contributed by atoms with Gasteiger partial charge in [0.25, 0.3) is 11.4 Å². The van der Waals surface area contributed by atoms with E-state index in [0.717, 1.165) is 42.4 Å². The average Bonchev–Trinajstić information content (AvgIpc) is 3.47. The van der Waals surface area contributed by atoms with Crippen LogP contribution in [0.25, 0.3) is 22.4 Å². The Hall–Kier alpha value is -5.11. The first-order valence-corrected chi connectivity index (χ1v) is 15.8. The van der Waals surface area contributed by atoms with Crippen molar-refractivity contribution < 1.29 is 9.13 Å². The summed E-state index contributed by atoms with van der Waals surface area (Å²) in [6.45, 7) is 3.95. The van der Waals surface area contributed by atoms with E-state index >= 15 is 4.39 Å². The molecule has 0 saturated heterocycles. The zero-order valence-electron chi connectivity index (χ0n) is 26.2. The second-order valence-corrected chi connectivity index (χ2v) is 12.3. The van der Waals surface area contributed by atoms with E-state index in [9.17, 15) is 4.79 Å². The molecule has 46 heavy (non-hydrogen) atoms. The van der Waals surface area contributed by atoms with Crippen molar-refractivity contribution in [1.82, 2.24) is 24.3 Å². The number of aromatic nitrogens is 5. The third-order valence-corrected chi connectivity index (χ3v) is 9.24. The van der Waals surface area contributed by atoms with Crippen LogP contribution in [0.3, 0.4) is 0 Å². The summed E-state index contributed by atoms with van der Waals surface area (Å²) in [4.78, 5) is 22.1. The molecule has 1 aliphatic rings. The van der Waals surface area contributed by atoms with Crippen molar-refractivity contribution in [3.63, 3.8) is 0 Å². The third kappa shape index (κ3) is 4.98. The lowest BCUT2D eigenvalue weighted by Crippen LogP contribution is -2.38. The maximum atomic E-state index is 16.6. The largest absolute Gasteiger partial charge is 0.472 e. The lowest BCUT2D eigenvalue weighted by Gasteiger charge is -2.37. The van der Waals surface area contributed by atoms with Gasteiger partial charge in [0.2, 0.25) is 5.82 Å². The number of ether oxygens (including phenoxy) is 1. The van der Waals surface area contributed by atoms with E-state index in [1.165, 1.54) is 10.6 Å². The molecule has 1 fully saturated rings. The van der Waals surface area contributed by atoms with Crippen LogP contribution < -0.4 is 10.3 Å². The molecule has 0 unspecified atom stereocenters. The highest BCUT2D eigenvalue weighted by Gasteiger charge is 2.42. The van der Waals surface area contributed by atoms with Crippen LogP contribution in [0.4, 0.5) is 4.39 Å². The van der Waals surface area contributed by atoms with Gasteiger partial charge in [0.05, 0.1) is 11.0 Å². The summed E-state index contributed by atoms with van der Waals surface area (Å²) >= 11 is 0. The SMILES string of the molecule is Cc1nc(OC2CCC(C)CC2)c(F)c(-c2nn(C(c3ccccc3)(c3ccccc3)c3ccccc3)c3ccc(=O)n(C)c23)n1. The Bertz CT molecular complexity index is 1950. The first kappa shape index (κ1) is 29.6. The van der Waals surface area contributed by atoms with E-state index in [2.05, 4.69) is 53.3 Å². The van der Waals surface area contributed by atoms with Crippen molar-refractivity contribution in [2.75, 3.05) is 0 Å². The molecule has 3 aromatic carbocycles. The van der Waals surface area contributed by atoms with Crippen molar-refractivity contribution in [2.24, 2.45) is 13.0 Å². The highest BCUT2D eigenvalue weighted by molar-refractivity contribution is 5.90. The van der Waals surface area contributed by atoms with E-state index < -0.39 is 11.4 Å². The minimum absolute atomic E-state index is 0.000266. The van der Waals surface area contributed by atoms with E-state index in [1.807, 2.05) is 59.3 Å². The smallest absolute Gasteiger partial charge is 0.254 e. The van der Waals surface area contributed by atoms with Gasteiger partial charge in [0.1, 0.15) is 28.9 Å². The van der Waals surface area contributed by atoms with Crippen molar-refractivity contribution in [3.05, 3.63) is 142 Å². The molecule has 1 saturated carbocycles. The van der Waals surface area contributed by atoms with Crippen LogP contribution >= 0.6 is 0 Å². The van der Waals surface area contributed by atoms with Gasteiger partial charge < -0.3 is 9.30 Å². The quantitative estimate of drug-likeness (QED) is 0.175. The molecule has 0 radical (unpaired) electrons. The molecular weight excluding hydrogens is 577 g/mol. The fourth-order valence-corrected chi connectivity index (χ4v) is 6.87. The fourth-order valence-electron chi connectivity index (χ4n) is 6.87. The van der Waals surface area contributed by atoms with Gasteiger partial charge in [-0.25, -0.2) is 9.67 Å². The van der Waals surface area contributed by atoms with Gasteiger partial charge in [-0.3, -0.25) is 4.79 Å². The van der Waals surface area contributed by atoms with Gasteiger partial charge in [0.15, 0.2) is 0 Å². The second kappa shape index (κ2) is 12.0. The van der Waals surface area contributed by atoms with E-state index in [4.69, 9.17) is 9.84 Å². The Kier molecular flexibility index (Phi) is 7.72. The summed E-state index contributed by atoms with van der Waals surface area (Å²) in [5.41, 5.74) is 2.98. The summed E-state index contributed by atoms with van der Waals surface area (Å²) in [5, 5.41) is 5.23. The van der Waals surface area contributed by atoms with Crippen LogP contribution in [-0.4, -0.2) is 30.4 Å². The zero-order valence-corrected chi connectivity index (χ0v) is 26.2. The van der Waals surface area contributed by atoms with Gasteiger partial charge in [0, 0.05) is 13.1 Å².